The van der Waals surface area contributed by atoms with E-state index < -0.39 is 0 Å². The Bertz CT molecular complexity index is 612. The molecule has 0 radical (unpaired) electrons. The van der Waals surface area contributed by atoms with E-state index in [0.29, 0.717) is 11.0 Å². The lowest BCUT2D eigenvalue weighted by molar-refractivity contribution is 0.154. The second kappa shape index (κ2) is 7.47. The third kappa shape index (κ3) is 4.23. The zero-order chi connectivity index (χ0) is 16.1. The normalized spacial score (nSPS) is 17.6. The van der Waals surface area contributed by atoms with Gasteiger partial charge in [0.15, 0.2) is 0 Å². The van der Waals surface area contributed by atoms with Gasteiger partial charge in [-0.05, 0) is 37.5 Å². The fourth-order valence-electron chi connectivity index (χ4n) is 2.84. The molecule has 3 rings (SSSR count). The van der Waals surface area contributed by atoms with Crippen LogP contribution in [0, 0.1) is 0 Å². The van der Waals surface area contributed by atoms with Crippen molar-refractivity contribution in [3.63, 3.8) is 0 Å². The molecule has 1 fully saturated rings. The van der Waals surface area contributed by atoms with Crippen LogP contribution in [0.4, 0.5) is 9.80 Å². The Morgan fingerprint density at radius 1 is 1.35 bits per heavy atom. The highest BCUT2D eigenvalue weighted by Crippen LogP contribution is 2.23. The minimum absolute atomic E-state index is 0.184. The maximum absolute atomic E-state index is 11.9. The number of nitrogens with one attached hydrogen (secondary N) is 2. The van der Waals surface area contributed by atoms with E-state index in [-0.39, 0.29) is 12.1 Å². The summed E-state index contributed by atoms with van der Waals surface area (Å²) in [4.78, 5) is 18.4. The van der Waals surface area contributed by atoms with Gasteiger partial charge in [-0.1, -0.05) is 4.49 Å². The first-order valence-corrected chi connectivity index (χ1v) is 8.48. The van der Waals surface area contributed by atoms with Crippen LogP contribution in [0.2, 0.25) is 0 Å². The van der Waals surface area contributed by atoms with Crippen LogP contribution in [0.3, 0.4) is 0 Å². The van der Waals surface area contributed by atoms with Crippen molar-refractivity contribution in [1.29, 1.82) is 0 Å². The summed E-state index contributed by atoms with van der Waals surface area (Å²) < 4.78 is 3.72. The Morgan fingerprint density at radius 3 is 2.74 bits per heavy atom. The maximum Gasteiger partial charge on any atom is 0.320 e. The highest BCUT2D eigenvalue weighted by molar-refractivity contribution is 7.10. The van der Waals surface area contributed by atoms with Crippen LogP contribution >= 0.6 is 11.5 Å². The average molecular weight is 332 g/mol. The number of anilines is 1. The number of aromatic nitrogens is 3. The van der Waals surface area contributed by atoms with Crippen molar-refractivity contribution in [3.05, 3.63) is 36.3 Å². The number of likely N-dealkylation sites (tertiary alicyclic amines) is 1. The molecule has 2 aromatic heterocycles. The fourth-order valence-corrected chi connectivity index (χ4v) is 3.25. The van der Waals surface area contributed by atoms with Gasteiger partial charge in [0.2, 0.25) is 0 Å². The van der Waals surface area contributed by atoms with Gasteiger partial charge >= 0.3 is 6.03 Å². The molecule has 122 valence electrons. The number of urea groups is 1. The van der Waals surface area contributed by atoms with Crippen molar-refractivity contribution >= 4 is 22.6 Å². The third-order valence-corrected chi connectivity index (χ3v) is 4.78. The summed E-state index contributed by atoms with van der Waals surface area (Å²) in [5, 5.41) is 10.1. The molecule has 0 aliphatic carbocycles. The number of carbonyl (C=O) groups excluding carboxylic acids is 1. The largest absolute Gasteiger partial charge is 0.335 e. The SMILES string of the molecule is CC(c1ccncc1)N1CCC(NC(=O)Nc2cnns2)CC1. The van der Waals surface area contributed by atoms with Crippen LogP contribution in [0.5, 0.6) is 0 Å². The van der Waals surface area contributed by atoms with Crippen LogP contribution in [0.1, 0.15) is 31.4 Å². The molecule has 1 unspecified atom stereocenters. The highest BCUT2D eigenvalue weighted by atomic mass is 32.1. The first-order chi connectivity index (χ1) is 11.2. The van der Waals surface area contributed by atoms with Crippen molar-refractivity contribution < 1.29 is 4.79 Å². The van der Waals surface area contributed by atoms with Crippen LogP contribution in [-0.4, -0.2) is 44.6 Å². The van der Waals surface area contributed by atoms with E-state index in [0.717, 1.165) is 25.9 Å². The molecule has 1 aliphatic rings. The Balaban J connectivity index is 1.46. The molecule has 0 saturated carbocycles. The van der Waals surface area contributed by atoms with E-state index >= 15 is 0 Å². The topological polar surface area (TPSA) is 83.0 Å². The quantitative estimate of drug-likeness (QED) is 0.897. The number of amides is 2. The van der Waals surface area contributed by atoms with E-state index in [1.165, 1.54) is 17.1 Å². The van der Waals surface area contributed by atoms with Crippen molar-refractivity contribution in [3.8, 4) is 0 Å². The molecule has 3 heterocycles. The molecule has 0 bridgehead atoms. The molecular formula is C15H20N6OS. The lowest BCUT2D eigenvalue weighted by atomic mass is 10.0. The van der Waals surface area contributed by atoms with E-state index in [2.05, 4.69) is 49.2 Å². The van der Waals surface area contributed by atoms with Crippen molar-refractivity contribution in [2.24, 2.45) is 0 Å². The molecule has 23 heavy (non-hydrogen) atoms. The third-order valence-electron chi connectivity index (χ3n) is 4.20. The standard InChI is InChI=1S/C15H20N6OS/c1-11(12-2-6-16-7-3-12)21-8-4-13(5-9-21)18-15(22)19-14-10-17-20-23-14/h2-3,6-7,10-11,13H,4-5,8-9H2,1H3,(H2,18,19,22). The highest BCUT2D eigenvalue weighted by Gasteiger charge is 2.24. The molecule has 1 saturated heterocycles. The van der Waals surface area contributed by atoms with Crippen molar-refractivity contribution in [1.82, 2.24) is 24.8 Å². The number of carbonyl (C=O) groups is 1. The van der Waals surface area contributed by atoms with Gasteiger partial charge in [0.05, 0.1) is 6.20 Å². The maximum atomic E-state index is 11.9. The molecular weight excluding hydrogens is 312 g/mol. The second-order valence-corrected chi connectivity index (χ2v) is 6.43. The molecule has 0 spiro atoms. The fraction of sp³-hybridized carbons (Fsp3) is 0.467. The Hall–Kier alpha value is -2.06. The number of nitrogens with zero attached hydrogens (tertiary/aromatic N) is 4. The van der Waals surface area contributed by atoms with Gasteiger partial charge in [0.1, 0.15) is 5.00 Å². The number of hydrogen-bond acceptors (Lipinski definition) is 6. The predicted molar refractivity (Wildman–Crippen MR) is 89.3 cm³/mol. The van der Waals surface area contributed by atoms with Gasteiger partial charge in [-0.15, -0.1) is 5.10 Å². The zero-order valence-electron chi connectivity index (χ0n) is 13.0. The minimum atomic E-state index is -0.184. The summed E-state index contributed by atoms with van der Waals surface area (Å²) in [6, 6.07) is 4.52. The Labute approximate surface area is 139 Å². The first kappa shape index (κ1) is 15.8. The number of rotatable bonds is 4. The van der Waals surface area contributed by atoms with Gasteiger partial charge in [0, 0.05) is 49.1 Å². The molecule has 7 nitrogen and oxygen atoms in total. The lowest BCUT2D eigenvalue weighted by Gasteiger charge is -2.36. The summed E-state index contributed by atoms with van der Waals surface area (Å²) in [6.45, 7) is 4.15. The molecule has 8 heteroatoms. The minimum Gasteiger partial charge on any atom is -0.335 e. The lowest BCUT2D eigenvalue weighted by Crippen LogP contribution is -2.46. The first-order valence-electron chi connectivity index (χ1n) is 7.71. The second-order valence-electron chi connectivity index (χ2n) is 5.65. The van der Waals surface area contributed by atoms with Crippen molar-refractivity contribution in [2.75, 3.05) is 18.4 Å². The van der Waals surface area contributed by atoms with E-state index in [9.17, 15) is 4.79 Å². The molecule has 0 aromatic carbocycles. The monoisotopic (exact) mass is 332 g/mol. The zero-order valence-corrected chi connectivity index (χ0v) is 13.8. The van der Waals surface area contributed by atoms with Crippen molar-refractivity contribution in [2.45, 2.75) is 31.8 Å². The number of hydrogen-bond donors (Lipinski definition) is 2. The summed E-state index contributed by atoms with van der Waals surface area (Å²) in [7, 11) is 0. The predicted octanol–water partition coefficient (Wildman–Crippen LogP) is 2.28. The van der Waals surface area contributed by atoms with Gasteiger partial charge in [-0.2, -0.15) is 0 Å². The summed E-state index contributed by atoms with van der Waals surface area (Å²) >= 11 is 1.17. The van der Waals surface area contributed by atoms with Crippen LogP contribution < -0.4 is 10.6 Å². The van der Waals surface area contributed by atoms with E-state index in [1.807, 2.05) is 12.4 Å². The van der Waals surface area contributed by atoms with E-state index in [4.69, 9.17) is 0 Å². The Morgan fingerprint density at radius 2 is 2.09 bits per heavy atom. The summed E-state index contributed by atoms with van der Waals surface area (Å²) in [6.07, 6.45) is 7.11. The van der Waals surface area contributed by atoms with Crippen LogP contribution in [0.15, 0.2) is 30.7 Å². The van der Waals surface area contributed by atoms with Gasteiger partial charge in [0.25, 0.3) is 0 Å². The van der Waals surface area contributed by atoms with Gasteiger partial charge in [-0.3, -0.25) is 15.2 Å². The molecule has 1 atom stereocenters. The van der Waals surface area contributed by atoms with Crippen LogP contribution in [-0.2, 0) is 0 Å². The molecule has 2 N–H and O–H groups in total. The smallest absolute Gasteiger partial charge is 0.320 e. The van der Waals surface area contributed by atoms with Gasteiger partial charge < -0.3 is 5.32 Å². The molecule has 2 amide bonds. The Kier molecular flexibility index (Phi) is 5.14. The average Bonchev–Trinajstić information content (AvgIpc) is 3.08. The van der Waals surface area contributed by atoms with Gasteiger partial charge in [-0.25, -0.2) is 4.79 Å². The molecule has 1 aliphatic heterocycles. The van der Waals surface area contributed by atoms with Crippen LogP contribution in [0.25, 0.3) is 0 Å². The van der Waals surface area contributed by atoms with E-state index in [1.54, 1.807) is 6.20 Å². The summed E-state index contributed by atoms with van der Waals surface area (Å²) in [5.74, 6) is 0. The number of pyridine rings is 1. The molecule has 2 aromatic rings. The summed E-state index contributed by atoms with van der Waals surface area (Å²) in [5.41, 5.74) is 1.28. The number of piperidine rings is 1.